The van der Waals surface area contributed by atoms with Crippen molar-refractivity contribution < 1.29 is 22.0 Å². The smallest absolute Gasteiger partial charge is 0.244 e. The Hall–Kier alpha value is -0.350. The highest BCUT2D eigenvalue weighted by molar-refractivity contribution is 4.83. The third-order valence-electron chi connectivity index (χ3n) is 0.899. The van der Waals surface area contributed by atoms with Gasteiger partial charge in [0.1, 0.15) is 6.17 Å². The molecule has 0 amide bonds. The summed E-state index contributed by atoms with van der Waals surface area (Å²) in [4.78, 5) is 0. The lowest BCUT2D eigenvalue weighted by molar-refractivity contribution is -0.105. The number of rotatable bonds is 3. The van der Waals surface area contributed by atoms with Crippen molar-refractivity contribution in [3.8, 4) is 0 Å². The molecular weight excluding hydrogens is 155 g/mol. The molecule has 0 bridgehead atoms. The lowest BCUT2D eigenvalue weighted by atomic mass is 10.1. The first-order chi connectivity index (χ1) is 4.41. The number of halogens is 5. The first kappa shape index (κ1) is 9.65. The van der Waals surface area contributed by atoms with Crippen molar-refractivity contribution in [3.05, 3.63) is 6.92 Å². The SMILES string of the molecule is [CH2]C(F)C(F)C(F)(F)CF. The molecule has 0 heterocycles. The number of hydrogen-bond donors (Lipinski definition) is 0. The van der Waals surface area contributed by atoms with Crippen LogP contribution in [0.3, 0.4) is 0 Å². The summed E-state index contributed by atoms with van der Waals surface area (Å²) in [6.07, 6.45) is -5.75. The summed E-state index contributed by atoms with van der Waals surface area (Å²) >= 11 is 0. The third-order valence-corrected chi connectivity index (χ3v) is 0.899. The van der Waals surface area contributed by atoms with Crippen LogP contribution in [0.5, 0.6) is 0 Å². The van der Waals surface area contributed by atoms with Crippen LogP contribution in [0.15, 0.2) is 0 Å². The van der Waals surface area contributed by atoms with E-state index in [-0.39, 0.29) is 0 Å². The Morgan fingerprint density at radius 3 is 1.80 bits per heavy atom. The normalized spacial score (nSPS) is 18.6. The lowest BCUT2D eigenvalue weighted by Crippen LogP contribution is -2.38. The largest absolute Gasteiger partial charge is 0.309 e. The fraction of sp³-hybridized carbons (Fsp3) is 0.800. The van der Waals surface area contributed by atoms with Gasteiger partial charge in [0, 0.05) is 0 Å². The van der Waals surface area contributed by atoms with E-state index in [2.05, 4.69) is 6.92 Å². The highest BCUT2D eigenvalue weighted by Gasteiger charge is 2.43. The average molecular weight is 161 g/mol. The Morgan fingerprint density at radius 1 is 1.30 bits per heavy atom. The van der Waals surface area contributed by atoms with E-state index < -0.39 is 24.9 Å². The van der Waals surface area contributed by atoms with Crippen LogP contribution in [0.25, 0.3) is 0 Å². The Labute approximate surface area is 55.0 Å². The molecular formula is C5H6F5. The molecule has 10 heavy (non-hydrogen) atoms. The van der Waals surface area contributed by atoms with Gasteiger partial charge in [0.25, 0.3) is 0 Å². The van der Waals surface area contributed by atoms with Gasteiger partial charge in [0.05, 0.1) is 0 Å². The summed E-state index contributed by atoms with van der Waals surface area (Å²) in [7, 11) is 0. The van der Waals surface area contributed by atoms with E-state index in [1.807, 2.05) is 0 Å². The Kier molecular flexibility index (Phi) is 3.05. The van der Waals surface area contributed by atoms with E-state index in [9.17, 15) is 22.0 Å². The topological polar surface area (TPSA) is 0 Å². The molecule has 2 unspecified atom stereocenters. The molecule has 0 fully saturated rings. The van der Waals surface area contributed by atoms with Crippen molar-refractivity contribution in [2.45, 2.75) is 18.3 Å². The minimum absolute atomic E-state index is 2.20. The predicted molar refractivity (Wildman–Crippen MR) is 26.1 cm³/mol. The van der Waals surface area contributed by atoms with Gasteiger partial charge in [-0.05, 0) is 6.92 Å². The monoisotopic (exact) mass is 161 g/mol. The van der Waals surface area contributed by atoms with Crippen LogP contribution in [-0.2, 0) is 0 Å². The van der Waals surface area contributed by atoms with Crippen LogP contribution in [0.2, 0.25) is 0 Å². The molecule has 61 valence electrons. The predicted octanol–water partition coefficient (Wildman–Crippen LogP) is 2.10. The maximum atomic E-state index is 11.9. The molecule has 0 aromatic heterocycles. The van der Waals surface area contributed by atoms with Crippen molar-refractivity contribution in [3.63, 3.8) is 0 Å². The molecule has 2 atom stereocenters. The first-order valence-electron chi connectivity index (χ1n) is 2.47. The molecule has 1 radical (unpaired) electrons. The molecule has 5 heteroatoms. The quantitative estimate of drug-likeness (QED) is 0.556. The van der Waals surface area contributed by atoms with Gasteiger partial charge in [-0.1, -0.05) is 0 Å². The second kappa shape index (κ2) is 3.16. The Morgan fingerprint density at radius 2 is 1.70 bits per heavy atom. The Balaban J connectivity index is 4.03. The molecule has 0 aliphatic rings. The zero-order valence-corrected chi connectivity index (χ0v) is 4.96. The minimum Gasteiger partial charge on any atom is -0.244 e. The standard InChI is InChI=1S/C5H6F5/c1-3(7)4(8)5(9,10)2-6/h3-4H,1-2H2. The van der Waals surface area contributed by atoms with Gasteiger partial charge in [-0.3, -0.25) is 0 Å². The molecule has 0 aromatic rings. The molecule has 0 nitrogen and oxygen atoms in total. The third kappa shape index (κ3) is 2.11. The maximum absolute atomic E-state index is 11.9. The second-order valence-electron chi connectivity index (χ2n) is 1.81. The van der Waals surface area contributed by atoms with E-state index in [4.69, 9.17) is 0 Å². The van der Waals surface area contributed by atoms with Crippen LogP contribution >= 0.6 is 0 Å². The molecule has 0 aliphatic heterocycles. The van der Waals surface area contributed by atoms with Crippen molar-refractivity contribution in [2.75, 3.05) is 6.67 Å². The van der Waals surface area contributed by atoms with Gasteiger partial charge >= 0.3 is 5.92 Å². The van der Waals surface area contributed by atoms with E-state index in [0.29, 0.717) is 0 Å². The molecule has 0 N–H and O–H groups in total. The molecule has 0 aliphatic carbocycles. The highest BCUT2D eigenvalue weighted by Crippen LogP contribution is 2.25. The Bertz CT molecular complexity index is 100. The molecule has 0 saturated carbocycles. The van der Waals surface area contributed by atoms with Crippen LogP contribution in [0, 0.1) is 6.92 Å². The van der Waals surface area contributed by atoms with Gasteiger partial charge in [-0.25, -0.2) is 22.0 Å². The van der Waals surface area contributed by atoms with Gasteiger partial charge < -0.3 is 0 Å². The number of hydrogen-bond acceptors (Lipinski definition) is 0. The molecule has 0 spiro atoms. The van der Waals surface area contributed by atoms with E-state index >= 15 is 0 Å². The molecule has 0 rings (SSSR count). The fourth-order valence-corrected chi connectivity index (χ4v) is 0.338. The van der Waals surface area contributed by atoms with Crippen LogP contribution < -0.4 is 0 Å². The van der Waals surface area contributed by atoms with Crippen LogP contribution in [0.4, 0.5) is 22.0 Å². The van der Waals surface area contributed by atoms with Gasteiger partial charge in [0.15, 0.2) is 12.8 Å². The zero-order chi connectivity index (χ0) is 8.36. The zero-order valence-electron chi connectivity index (χ0n) is 4.96. The lowest BCUT2D eigenvalue weighted by Gasteiger charge is -2.17. The van der Waals surface area contributed by atoms with E-state index in [1.165, 1.54) is 0 Å². The molecule has 0 saturated heterocycles. The summed E-state index contributed by atoms with van der Waals surface area (Å²) in [5, 5.41) is 0. The van der Waals surface area contributed by atoms with Gasteiger partial charge in [-0.2, -0.15) is 0 Å². The summed E-state index contributed by atoms with van der Waals surface area (Å²) in [6.45, 7) is 0.160. The fourth-order valence-electron chi connectivity index (χ4n) is 0.338. The molecule has 0 aromatic carbocycles. The van der Waals surface area contributed by atoms with Crippen molar-refractivity contribution in [1.82, 2.24) is 0 Å². The maximum Gasteiger partial charge on any atom is 0.309 e. The summed E-state index contributed by atoms with van der Waals surface area (Å²) in [6, 6.07) is 0. The van der Waals surface area contributed by atoms with E-state index in [1.54, 1.807) is 0 Å². The highest BCUT2D eigenvalue weighted by atomic mass is 19.3. The van der Waals surface area contributed by atoms with Gasteiger partial charge in [0.2, 0.25) is 0 Å². The van der Waals surface area contributed by atoms with Crippen LogP contribution in [0.1, 0.15) is 0 Å². The van der Waals surface area contributed by atoms with Crippen molar-refractivity contribution >= 4 is 0 Å². The van der Waals surface area contributed by atoms with Crippen LogP contribution in [-0.4, -0.2) is 24.9 Å². The minimum atomic E-state index is -4.25. The summed E-state index contributed by atoms with van der Waals surface area (Å²) < 4.78 is 58.3. The van der Waals surface area contributed by atoms with E-state index in [0.717, 1.165) is 0 Å². The summed E-state index contributed by atoms with van der Waals surface area (Å²) in [5.41, 5.74) is 0. The average Bonchev–Trinajstić information content (AvgIpc) is 1.86. The summed E-state index contributed by atoms with van der Waals surface area (Å²) in [5.74, 6) is -4.25. The van der Waals surface area contributed by atoms with Crippen molar-refractivity contribution in [2.24, 2.45) is 0 Å². The second-order valence-corrected chi connectivity index (χ2v) is 1.81. The first-order valence-corrected chi connectivity index (χ1v) is 2.47. The number of alkyl halides is 5. The van der Waals surface area contributed by atoms with Crippen molar-refractivity contribution in [1.29, 1.82) is 0 Å². The van der Waals surface area contributed by atoms with Gasteiger partial charge in [-0.15, -0.1) is 0 Å².